The first-order chi connectivity index (χ1) is 15.0. The summed E-state index contributed by atoms with van der Waals surface area (Å²) in [5, 5.41) is 18.1. The van der Waals surface area contributed by atoms with Gasteiger partial charge < -0.3 is 5.11 Å². The zero-order valence-electron chi connectivity index (χ0n) is 17.5. The second kappa shape index (κ2) is 10.0. The number of nitrogens with zero attached hydrogens (tertiary/aromatic N) is 1. The smallest absolute Gasteiger partial charge is 0.336 e. The molecule has 0 aliphatic heterocycles. The summed E-state index contributed by atoms with van der Waals surface area (Å²) < 4.78 is 0. The first kappa shape index (κ1) is 21.5. The van der Waals surface area contributed by atoms with Crippen LogP contribution in [-0.2, 0) is 0 Å². The highest BCUT2D eigenvalue weighted by molar-refractivity contribution is 5.95. The van der Waals surface area contributed by atoms with Gasteiger partial charge in [0.15, 0.2) is 0 Å². The largest absolute Gasteiger partial charge is 0.478 e. The Kier molecular flexibility index (Phi) is 6.98. The van der Waals surface area contributed by atoms with Crippen molar-refractivity contribution in [1.29, 1.82) is 5.26 Å². The maximum absolute atomic E-state index is 11.1. The summed E-state index contributed by atoms with van der Waals surface area (Å²) in [6.45, 7) is 4.06. The number of aryl methyl sites for hydroxylation is 2. The van der Waals surface area contributed by atoms with Gasteiger partial charge in [-0.05, 0) is 48.2 Å². The number of carboxylic acid groups (broad SMARTS) is 1. The molecule has 4 rings (SSSR count). The van der Waals surface area contributed by atoms with E-state index in [4.69, 9.17) is 10.4 Å². The lowest BCUT2D eigenvalue weighted by atomic mass is 9.99. The van der Waals surface area contributed by atoms with E-state index in [1.54, 1.807) is 12.1 Å². The van der Waals surface area contributed by atoms with Crippen molar-refractivity contribution in [3.63, 3.8) is 0 Å². The second-order valence-electron chi connectivity index (χ2n) is 7.24. The number of hydrogen-bond donors (Lipinski definition) is 1. The van der Waals surface area contributed by atoms with E-state index >= 15 is 0 Å². The first-order valence-corrected chi connectivity index (χ1v) is 9.95. The molecule has 3 nitrogen and oxygen atoms in total. The summed E-state index contributed by atoms with van der Waals surface area (Å²) in [5.41, 5.74) is 7.24. The zero-order chi connectivity index (χ0) is 22.2. The van der Waals surface area contributed by atoms with Crippen LogP contribution in [0.4, 0.5) is 0 Å². The van der Waals surface area contributed by atoms with E-state index in [1.807, 2.05) is 79.7 Å². The van der Waals surface area contributed by atoms with Crippen LogP contribution < -0.4 is 0 Å². The molecule has 1 N–H and O–H groups in total. The zero-order valence-corrected chi connectivity index (χ0v) is 17.5. The van der Waals surface area contributed by atoms with Crippen molar-refractivity contribution in [3.05, 3.63) is 119 Å². The number of nitriles is 1. The molecular weight excluding hydrogens is 382 g/mol. The number of rotatable bonds is 3. The molecule has 0 bridgehead atoms. The number of carbonyl (C=O) groups is 1. The first-order valence-electron chi connectivity index (χ1n) is 9.95. The van der Waals surface area contributed by atoms with Crippen LogP contribution >= 0.6 is 0 Å². The fourth-order valence-corrected chi connectivity index (χ4v) is 3.22. The Bertz CT molecular complexity index is 1220. The van der Waals surface area contributed by atoms with Crippen molar-refractivity contribution in [1.82, 2.24) is 0 Å². The lowest BCUT2D eigenvalue weighted by molar-refractivity contribution is 0.0697. The van der Waals surface area contributed by atoms with Crippen molar-refractivity contribution in [3.8, 4) is 28.3 Å². The Morgan fingerprint density at radius 3 is 1.65 bits per heavy atom. The molecule has 3 heteroatoms. The molecule has 0 atom stereocenters. The molecule has 0 radical (unpaired) electrons. The fourth-order valence-electron chi connectivity index (χ4n) is 3.22. The molecule has 152 valence electrons. The Morgan fingerprint density at radius 1 is 0.677 bits per heavy atom. The minimum atomic E-state index is -0.892. The molecule has 0 aromatic heterocycles. The highest BCUT2D eigenvalue weighted by Crippen LogP contribution is 2.24. The van der Waals surface area contributed by atoms with Gasteiger partial charge in [0.25, 0.3) is 0 Å². The molecule has 4 aromatic carbocycles. The lowest BCUT2D eigenvalue weighted by Gasteiger charge is -2.06. The summed E-state index contributed by atoms with van der Waals surface area (Å²) in [5.74, 6) is -0.892. The third kappa shape index (κ3) is 5.46. The standard InChI is InChI=1S/C14H11N.C14H12O2/c1-11-6-8-12(9-7-11)14-5-3-2-4-13(14)10-15;1-10-6-8-11(9-7-10)12-4-2-3-5-13(12)14(15)16/h2-9H,1H3;2-9H,1H3,(H,15,16). The van der Waals surface area contributed by atoms with Gasteiger partial charge in [-0.1, -0.05) is 96.1 Å². The number of aromatic carboxylic acids is 1. The Balaban J connectivity index is 0.000000176. The van der Waals surface area contributed by atoms with Gasteiger partial charge in [0.2, 0.25) is 0 Å². The minimum Gasteiger partial charge on any atom is -0.478 e. The molecule has 0 spiro atoms. The van der Waals surface area contributed by atoms with E-state index in [0.29, 0.717) is 5.56 Å². The predicted molar refractivity (Wildman–Crippen MR) is 125 cm³/mol. The van der Waals surface area contributed by atoms with Crippen LogP contribution in [-0.4, -0.2) is 11.1 Å². The van der Waals surface area contributed by atoms with Crippen LogP contribution in [0.25, 0.3) is 22.3 Å². The van der Waals surface area contributed by atoms with Gasteiger partial charge in [-0.25, -0.2) is 4.79 Å². The summed E-state index contributed by atoms with van der Waals surface area (Å²) in [4.78, 5) is 11.1. The molecule has 0 aliphatic rings. The van der Waals surface area contributed by atoms with Gasteiger partial charge in [-0.2, -0.15) is 5.26 Å². The van der Waals surface area contributed by atoms with E-state index < -0.39 is 5.97 Å². The number of carboxylic acids is 1. The van der Waals surface area contributed by atoms with Crippen LogP contribution in [0.3, 0.4) is 0 Å². The molecular formula is C28H23NO2. The highest BCUT2D eigenvalue weighted by Gasteiger charge is 2.10. The quantitative estimate of drug-likeness (QED) is 0.403. The van der Waals surface area contributed by atoms with Crippen LogP contribution in [0.1, 0.15) is 27.0 Å². The molecule has 0 amide bonds. The highest BCUT2D eigenvalue weighted by atomic mass is 16.4. The van der Waals surface area contributed by atoms with Gasteiger partial charge in [0.1, 0.15) is 0 Å². The van der Waals surface area contributed by atoms with Gasteiger partial charge in [-0.15, -0.1) is 0 Å². The third-order valence-corrected chi connectivity index (χ3v) is 4.93. The second-order valence-corrected chi connectivity index (χ2v) is 7.24. The minimum absolute atomic E-state index is 0.339. The van der Waals surface area contributed by atoms with Crippen LogP contribution in [0.5, 0.6) is 0 Å². The van der Waals surface area contributed by atoms with E-state index in [9.17, 15) is 4.79 Å². The SMILES string of the molecule is Cc1ccc(-c2ccccc2C#N)cc1.Cc1ccc(-c2ccccc2C(=O)O)cc1. The van der Waals surface area contributed by atoms with Gasteiger partial charge >= 0.3 is 5.97 Å². The maximum Gasteiger partial charge on any atom is 0.336 e. The predicted octanol–water partition coefficient (Wildman–Crippen LogP) is 6.89. The molecule has 0 saturated carbocycles. The molecule has 31 heavy (non-hydrogen) atoms. The molecule has 0 unspecified atom stereocenters. The molecule has 0 fully saturated rings. The molecule has 0 heterocycles. The van der Waals surface area contributed by atoms with Gasteiger partial charge in [-0.3, -0.25) is 0 Å². The van der Waals surface area contributed by atoms with Crippen molar-refractivity contribution < 1.29 is 9.90 Å². The van der Waals surface area contributed by atoms with Crippen molar-refractivity contribution in [2.24, 2.45) is 0 Å². The normalized spacial score (nSPS) is 9.84. The average Bonchev–Trinajstić information content (AvgIpc) is 2.80. The van der Waals surface area contributed by atoms with Crippen molar-refractivity contribution in [2.45, 2.75) is 13.8 Å². The topological polar surface area (TPSA) is 61.1 Å². The van der Waals surface area contributed by atoms with Crippen molar-refractivity contribution >= 4 is 5.97 Å². The average molecular weight is 405 g/mol. The van der Waals surface area contributed by atoms with E-state index in [2.05, 4.69) is 25.1 Å². The lowest BCUT2D eigenvalue weighted by Crippen LogP contribution is -1.98. The Hall–Kier alpha value is -4.16. The monoisotopic (exact) mass is 405 g/mol. The summed E-state index contributed by atoms with van der Waals surface area (Å²) in [7, 11) is 0. The molecule has 0 aliphatic carbocycles. The van der Waals surface area contributed by atoms with Gasteiger partial charge in [0.05, 0.1) is 17.2 Å². The molecule has 0 saturated heterocycles. The Labute approximate surface area is 182 Å². The molecule has 4 aromatic rings. The summed E-state index contributed by atoms with van der Waals surface area (Å²) in [6.07, 6.45) is 0. The van der Waals surface area contributed by atoms with E-state index in [-0.39, 0.29) is 0 Å². The van der Waals surface area contributed by atoms with E-state index in [1.165, 1.54) is 5.56 Å². The fraction of sp³-hybridized carbons (Fsp3) is 0.0714. The number of benzene rings is 4. The van der Waals surface area contributed by atoms with Crippen molar-refractivity contribution in [2.75, 3.05) is 0 Å². The summed E-state index contributed by atoms with van der Waals surface area (Å²) >= 11 is 0. The van der Waals surface area contributed by atoms with E-state index in [0.717, 1.165) is 33.4 Å². The van der Waals surface area contributed by atoms with Crippen LogP contribution in [0.2, 0.25) is 0 Å². The maximum atomic E-state index is 11.1. The Morgan fingerprint density at radius 2 is 1.13 bits per heavy atom. The number of hydrogen-bond acceptors (Lipinski definition) is 2. The van der Waals surface area contributed by atoms with Crippen LogP contribution in [0.15, 0.2) is 97.1 Å². The third-order valence-electron chi connectivity index (χ3n) is 4.93. The van der Waals surface area contributed by atoms with Gasteiger partial charge in [0, 0.05) is 0 Å². The summed E-state index contributed by atoms with van der Waals surface area (Å²) in [6, 6.07) is 33.0. The van der Waals surface area contributed by atoms with Crippen LogP contribution in [0, 0.1) is 25.2 Å².